The molecular formula is C57H72N10O6S. The average molecular weight is 1030 g/mol. The van der Waals surface area contributed by atoms with Gasteiger partial charge in [0.2, 0.25) is 23.6 Å². The number of nitrogens with one attached hydrogen (secondary N) is 2. The number of fused-ring (bicyclic) bond motifs is 3. The molecule has 7 heterocycles. The molecule has 17 heteroatoms. The van der Waals surface area contributed by atoms with Crippen molar-refractivity contribution in [1.82, 2.24) is 49.8 Å². The van der Waals surface area contributed by atoms with Crippen molar-refractivity contribution in [3.05, 3.63) is 96.0 Å². The molecule has 1 aliphatic carbocycles. The standard InChI is InChI=1S/C57H72N10O6S/c1-36(38-7-9-39(10-8-38)53-37(2)60-35-74-53)61-55(70)50-28-42(68)33-67(50)56(71)54(57(3,4)5)62-51(69)34-66-25-23-65(24-26-66)22-21-64-19-16-43(17-20-64)72-44-29-45(30-44)73-52-14-12-41(31-59-52)40-11-13-46-47-32-58-18-15-48(47)63(6)49(46)27-40/h7-15,18,27,31-32,35-36,42-45,50,54,68H,16-17,19-26,28-30,33-34H2,1-6H3,(H,61,70)(H,62,69)/t36-,42+,44-,45-,50-,54+/m0/s1. The number of piperidine rings is 1. The van der Waals surface area contributed by atoms with Crippen LogP contribution in [0.15, 0.2) is 84.8 Å². The summed E-state index contributed by atoms with van der Waals surface area (Å²) < 4.78 is 15.0. The lowest BCUT2D eigenvalue weighted by Crippen LogP contribution is -2.59. The van der Waals surface area contributed by atoms with E-state index in [9.17, 15) is 19.5 Å². The maximum Gasteiger partial charge on any atom is 0.246 e. The summed E-state index contributed by atoms with van der Waals surface area (Å²) in [7, 11) is 2.10. The summed E-state index contributed by atoms with van der Waals surface area (Å²) in [6.45, 7) is 17.2. The molecule has 3 aliphatic heterocycles. The first-order valence-corrected chi connectivity index (χ1v) is 27.4. The van der Waals surface area contributed by atoms with Crippen molar-refractivity contribution in [3.8, 4) is 27.4 Å². The molecule has 74 heavy (non-hydrogen) atoms. The monoisotopic (exact) mass is 1020 g/mol. The number of ether oxygens (including phenoxy) is 2. The van der Waals surface area contributed by atoms with E-state index in [1.807, 2.05) is 89.1 Å². The number of aliphatic hydroxyl groups excluding tert-OH is 1. The number of thiazole rings is 1. The molecule has 3 amide bonds. The first kappa shape index (κ1) is 51.7. The number of β-amino-alcohol motifs (C(OH)–C–C–N with tert-alkyl or cyclic N) is 1. The summed E-state index contributed by atoms with van der Waals surface area (Å²) in [6.07, 6.45) is 9.41. The number of amides is 3. The number of rotatable bonds is 16. The van der Waals surface area contributed by atoms with E-state index in [4.69, 9.17) is 9.47 Å². The van der Waals surface area contributed by atoms with Crippen molar-refractivity contribution >= 4 is 50.9 Å². The number of hydrogen-bond donors (Lipinski definition) is 3. The van der Waals surface area contributed by atoms with Crippen LogP contribution in [0.2, 0.25) is 0 Å². The molecule has 3 N–H and O–H groups in total. The number of nitrogens with zero attached hydrogens (tertiary/aromatic N) is 8. The number of aryl methyl sites for hydroxylation is 2. The summed E-state index contributed by atoms with van der Waals surface area (Å²) >= 11 is 1.59. The Morgan fingerprint density at radius 3 is 2.18 bits per heavy atom. The van der Waals surface area contributed by atoms with E-state index in [1.54, 1.807) is 11.3 Å². The lowest BCUT2D eigenvalue weighted by molar-refractivity contribution is -0.144. The van der Waals surface area contributed by atoms with Gasteiger partial charge in [0.05, 0.1) is 52.5 Å². The van der Waals surface area contributed by atoms with Gasteiger partial charge >= 0.3 is 0 Å². The van der Waals surface area contributed by atoms with E-state index in [2.05, 4.69) is 82.2 Å². The van der Waals surface area contributed by atoms with E-state index < -0.39 is 23.6 Å². The Balaban J connectivity index is 0.611. The van der Waals surface area contributed by atoms with Gasteiger partial charge in [0, 0.05) is 132 Å². The van der Waals surface area contributed by atoms with Gasteiger partial charge in [0.1, 0.15) is 18.2 Å². The average Bonchev–Trinajstić information content (AvgIpc) is 4.09. The largest absolute Gasteiger partial charge is 0.474 e. The molecule has 392 valence electrons. The lowest BCUT2D eigenvalue weighted by atomic mass is 9.85. The van der Waals surface area contributed by atoms with Crippen molar-refractivity contribution in [2.45, 2.75) is 109 Å². The fraction of sp³-hybridized carbons (Fsp3) is 0.509. The highest BCUT2D eigenvalue weighted by atomic mass is 32.1. The maximum atomic E-state index is 14.3. The molecule has 16 nitrogen and oxygen atoms in total. The SMILES string of the molecule is Cc1ncsc1-c1ccc([C@H](C)NC(=O)[C@@H]2C[C@@H](O)CN2C(=O)[C@@H](NC(=O)CN2CCN(CCN3CCC(O[C@H]4C[C@H](Oc5ccc(-c6ccc7c8cnccc8n(C)c7c6)cn5)C4)CC3)CC2)C(C)(C)C)cc1. The number of carbonyl (C=O) groups excluding carboxylic acids is 3. The van der Waals surface area contributed by atoms with Gasteiger partial charge in [0.25, 0.3) is 0 Å². The van der Waals surface area contributed by atoms with Crippen LogP contribution in [-0.4, -0.2) is 164 Å². The predicted octanol–water partition coefficient (Wildman–Crippen LogP) is 6.60. The quantitative estimate of drug-likeness (QED) is 0.0952. The van der Waals surface area contributed by atoms with Gasteiger partial charge < -0.3 is 39.6 Å². The van der Waals surface area contributed by atoms with Gasteiger partial charge in [-0.15, -0.1) is 11.3 Å². The van der Waals surface area contributed by atoms with Gasteiger partial charge in [-0.25, -0.2) is 9.97 Å². The molecule has 3 saturated heterocycles. The molecule has 0 radical (unpaired) electrons. The zero-order valence-corrected chi connectivity index (χ0v) is 44.5. The molecule has 4 aliphatic rings. The number of aliphatic hydroxyl groups is 1. The summed E-state index contributed by atoms with van der Waals surface area (Å²) in [4.78, 5) is 64.7. The Hall–Kier alpha value is -5.82. The van der Waals surface area contributed by atoms with Crippen LogP contribution in [0.3, 0.4) is 0 Å². The smallest absolute Gasteiger partial charge is 0.246 e. The summed E-state index contributed by atoms with van der Waals surface area (Å²) in [5.74, 6) is -0.255. The summed E-state index contributed by atoms with van der Waals surface area (Å²) in [5, 5.41) is 19.2. The third-order valence-electron chi connectivity index (χ3n) is 15.8. The van der Waals surface area contributed by atoms with Crippen LogP contribution < -0.4 is 15.4 Å². The van der Waals surface area contributed by atoms with Crippen molar-refractivity contribution in [1.29, 1.82) is 0 Å². The molecule has 0 unspecified atom stereocenters. The second-order valence-electron chi connectivity index (χ2n) is 22.1. The molecule has 1 saturated carbocycles. The van der Waals surface area contributed by atoms with Crippen LogP contribution in [0.25, 0.3) is 43.4 Å². The minimum Gasteiger partial charge on any atom is -0.474 e. The molecule has 2 aromatic carbocycles. The van der Waals surface area contributed by atoms with E-state index in [0.29, 0.717) is 5.88 Å². The molecule has 0 bridgehead atoms. The Morgan fingerprint density at radius 1 is 0.784 bits per heavy atom. The van der Waals surface area contributed by atoms with Crippen LogP contribution in [0.5, 0.6) is 5.88 Å². The summed E-state index contributed by atoms with van der Waals surface area (Å²) in [6, 6.07) is 18.6. The number of piperazine rings is 1. The van der Waals surface area contributed by atoms with Crippen molar-refractivity contribution in [2.75, 3.05) is 65.4 Å². The Kier molecular flexibility index (Phi) is 15.5. The molecule has 4 aromatic heterocycles. The predicted molar refractivity (Wildman–Crippen MR) is 289 cm³/mol. The summed E-state index contributed by atoms with van der Waals surface area (Å²) in [5.41, 5.74) is 8.68. The van der Waals surface area contributed by atoms with E-state index in [-0.39, 0.29) is 61.6 Å². The topological polar surface area (TPSA) is 171 Å². The molecule has 4 fully saturated rings. The highest BCUT2D eigenvalue weighted by molar-refractivity contribution is 7.13. The second-order valence-corrected chi connectivity index (χ2v) is 22.9. The highest BCUT2D eigenvalue weighted by Gasteiger charge is 2.45. The number of benzene rings is 2. The van der Waals surface area contributed by atoms with Gasteiger partial charge in [-0.3, -0.25) is 29.2 Å². The molecule has 10 rings (SSSR count). The Labute approximate surface area is 438 Å². The molecule has 4 atom stereocenters. The Bertz CT molecular complexity index is 2920. The Morgan fingerprint density at radius 2 is 1.49 bits per heavy atom. The molecule has 6 aromatic rings. The third-order valence-corrected chi connectivity index (χ3v) is 16.7. The first-order chi connectivity index (χ1) is 35.6. The van der Waals surface area contributed by atoms with Gasteiger partial charge in [-0.05, 0) is 67.0 Å². The van der Waals surface area contributed by atoms with Crippen molar-refractivity contribution in [3.63, 3.8) is 0 Å². The maximum absolute atomic E-state index is 14.3. The number of carbonyl (C=O) groups is 3. The zero-order valence-electron chi connectivity index (χ0n) is 43.7. The normalized spacial score (nSPS) is 22.2. The third kappa shape index (κ3) is 11.7. The first-order valence-electron chi connectivity index (χ1n) is 26.5. The second kappa shape index (κ2) is 22.2. The van der Waals surface area contributed by atoms with E-state index in [0.717, 1.165) is 116 Å². The minimum absolute atomic E-state index is 0.0304. The lowest BCUT2D eigenvalue weighted by Gasteiger charge is -2.40. The van der Waals surface area contributed by atoms with E-state index in [1.165, 1.54) is 21.3 Å². The van der Waals surface area contributed by atoms with Crippen molar-refractivity contribution in [2.24, 2.45) is 12.5 Å². The molecular weight excluding hydrogens is 953 g/mol. The van der Waals surface area contributed by atoms with E-state index >= 15 is 0 Å². The van der Waals surface area contributed by atoms with Crippen LogP contribution in [0.4, 0.5) is 0 Å². The number of pyridine rings is 2. The van der Waals surface area contributed by atoms with Crippen LogP contribution in [0.1, 0.15) is 77.1 Å². The number of aromatic nitrogens is 4. The van der Waals surface area contributed by atoms with Gasteiger partial charge in [0.15, 0.2) is 0 Å². The van der Waals surface area contributed by atoms with Gasteiger partial charge in [-0.1, -0.05) is 57.2 Å². The number of hydrogen-bond acceptors (Lipinski definition) is 13. The van der Waals surface area contributed by atoms with Crippen LogP contribution >= 0.6 is 11.3 Å². The fourth-order valence-electron chi connectivity index (χ4n) is 11.2. The van der Waals surface area contributed by atoms with Crippen LogP contribution in [0, 0.1) is 12.3 Å². The fourth-order valence-corrected chi connectivity index (χ4v) is 12.0. The van der Waals surface area contributed by atoms with Crippen LogP contribution in [-0.2, 0) is 26.2 Å². The zero-order chi connectivity index (χ0) is 51.7. The minimum atomic E-state index is -0.873. The highest BCUT2D eigenvalue weighted by Crippen LogP contribution is 2.35. The number of likely N-dealkylation sites (tertiary alicyclic amines) is 2. The van der Waals surface area contributed by atoms with Gasteiger partial charge in [-0.2, -0.15) is 0 Å². The van der Waals surface area contributed by atoms with Crippen molar-refractivity contribution < 1.29 is 29.0 Å². The molecule has 0 spiro atoms.